The molecule has 0 aliphatic carbocycles. The predicted molar refractivity (Wildman–Crippen MR) is 107 cm³/mol. The summed E-state index contributed by atoms with van der Waals surface area (Å²) in [6.45, 7) is 9.39. The largest absolute Gasteiger partial charge is 0.337 e. The molecule has 0 aliphatic heterocycles. The second-order valence-corrected chi connectivity index (χ2v) is 9.15. The average molecular weight is 390 g/mol. The van der Waals surface area contributed by atoms with Crippen LogP contribution in [-0.2, 0) is 4.79 Å². The molecule has 8 heteroatoms. The van der Waals surface area contributed by atoms with Crippen molar-refractivity contribution in [2.75, 3.05) is 5.32 Å². The highest BCUT2D eigenvalue weighted by atomic mass is 32.2. The summed E-state index contributed by atoms with van der Waals surface area (Å²) in [6, 6.07) is 10.2. The summed E-state index contributed by atoms with van der Waals surface area (Å²) < 4.78 is 0.700. The van der Waals surface area contributed by atoms with Gasteiger partial charge in [0.1, 0.15) is 5.54 Å². The molecule has 2 aromatic rings. The zero-order valence-corrected chi connectivity index (χ0v) is 17.2. The number of aryl methyl sites for hydroxylation is 1. The van der Waals surface area contributed by atoms with Crippen LogP contribution in [0.5, 0.6) is 0 Å². The molecule has 0 aliphatic rings. The molecule has 0 spiro atoms. The molecule has 0 saturated heterocycles. The van der Waals surface area contributed by atoms with E-state index < -0.39 is 5.54 Å². The summed E-state index contributed by atoms with van der Waals surface area (Å²) in [5.74, 6) is -0.170. The second-order valence-electron chi connectivity index (χ2n) is 6.59. The summed E-state index contributed by atoms with van der Waals surface area (Å²) in [5, 5.41) is 24.0. The average Bonchev–Trinajstić information content (AvgIpc) is 3.01. The normalized spacial score (nSPS) is 14.3. The van der Waals surface area contributed by atoms with Crippen LogP contribution < -0.4 is 10.6 Å². The Balaban J connectivity index is 1.97. The van der Waals surface area contributed by atoms with Gasteiger partial charge < -0.3 is 10.6 Å². The van der Waals surface area contributed by atoms with Crippen molar-refractivity contribution in [3.8, 4) is 6.07 Å². The fourth-order valence-corrected chi connectivity index (χ4v) is 3.93. The number of nitrogens with one attached hydrogen (secondary N) is 2. The molecule has 26 heavy (non-hydrogen) atoms. The highest BCUT2D eigenvalue weighted by Crippen LogP contribution is 2.31. The van der Waals surface area contributed by atoms with Crippen LogP contribution in [0.3, 0.4) is 0 Å². The van der Waals surface area contributed by atoms with Gasteiger partial charge in [-0.1, -0.05) is 49.1 Å². The number of carbonyl (C=O) groups excluding carboxylic acids is 1. The smallest absolute Gasteiger partial charge is 0.234 e. The van der Waals surface area contributed by atoms with Gasteiger partial charge in [0.05, 0.1) is 11.3 Å². The van der Waals surface area contributed by atoms with Crippen molar-refractivity contribution in [1.82, 2.24) is 15.5 Å². The number of thioether (sulfide) groups is 1. The minimum Gasteiger partial charge on any atom is -0.337 e. The van der Waals surface area contributed by atoms with E-state index in [4.69, 9.17) is 0 Å². The molecule has 2 rings (SSSR count). The van der Waals surface area contributed by atoms with E-state index in [0.717, 1.165) is 11.3 Å². The number of aromatic nitrogens is 2. The number of hydrogen-bond donors (Lipinski definition) is 2. The Bertz CT molecular complexity index is 814. The van der Waals surface area contributed by atoms with Gasteiger partial charge in [-0.3, -0.25) is 4.79 Å². The van der Waals surface area contributed by atoms with Crippen LogP contribution >= 0.6 is 23.1 Å². The molecule has 1 amide bonds. The van der Waals surface area contributed by atoms with Crippen molar-refractivity contribution in [3.05, 3.63) is 29.8 Å². The maximum Gasteiger partial charge on any atom is 0.234 e. The van der Waals surface area contributed by atoms with E-state index in [1.165, 1.54) is 23.1 Å². The SMILES string of the molecule is Cc1cccc(Nc2nnc(SC(C)C(=O)NC(C)(C#N)C(C)C)s2)c1. The molecular formula is C18H23N5OS2. The van der Waals surface area contributed by atoms with Crippen LogP contribution in [-0.4, -0.2) is 26.9 Å². The van der Waals surface area contributed by atoms with Gasteiger partial charge in [0.15, 0.2) is 4.34 Å². The van der Waals surface area contributed by atoms with E-state index in [1.54, 1.807) is 13.8 Å². The minimum atomic E-state index is -0.884. The highest BCUT2D eigenvalue weighted by molar-refractivity contribution is 8.02. The maximum absolute atomic E-state index is 12.4. The fourth-order valence-electron chi connectivity index (χ4n) is 2.02. The Morgan fingerprint density at radius 2 is 2.08 bits per heavy atom. The number of carbonyl (C=O) groups is 1. The van der Waals surface area contributed by atoms with Gasteiger partial charge in [-0.2, -0.15) is 5.26 Å². The third-order valence-corrected chi connectivity index (χ3v) is 6.12. The van der Waals surface area contributed by atoms with Crippen molar-refractivity contribution in [2.45, 2.75) is 49.7 Å². The first-order valence-corrected chi connectivity index (χ1v) is 10.00. The van der Waals surface area contributed by atoms with E-state index in [9.17, 15) is 10.1 Å². The number of hydrogen-bond acceptors (Lipinski definition) is 7. The zero-order valence-electron chi connectivity index (χ0n) is 15.5. The van der Waals surface area contributed by atoms with Crippen molar-refractivity contribution >= 4 is 39.8 Å². The standard InChI is InChI=1S/C18H23N5OS2/c1-11(2)18(5,10-19)21-15(24)13(4)25-17-23-22-16(26-17)20-14-8-6-7-12(3)9-14/h6-9,11,13H,1-5H3,(H,20,22)(H,21,24). The Labute approximate surface area is 162 Å². The fraction of sp³-hybridized carbons (Fsp3) is 0.444. The van der Waals surface area contributed by atoms with Gasteiger partial charge in [0, 0.05) is 5.69 Å². The van der Waals surface area contributed by atoms with Crippen molar-refractivity contribution in [2.24, 2.45) is 5.92 Å². The quantitative estimate of drug-likeness (QED) is 0.692. The summed E-state index contributed by atoms with van der Waals surface area (Å²) in [5.41, 5.74) is 1.22. The highest BCUT2D eigenvalue weighted by Gasteiger charge is 2.32. The molecule has 6 nitrogen and oxygen atoms in total. The molecule has 0 bridgehead atoms. The Kier molecular flexibility index (Phi) is 6.62. The van der Waals surface area contributed by atoms with Gasteiger partial charge in [0.2, 0.25) is 11.0 Å². The number of anilines is 2. The summed E-state index contributed by atoms with van der Waals surface area (Å²) in [4.78, 5) is 12.4. The molecule has 2 unspecified atom stereocenters. The number of benzene rings is 1. The van der Waals surface area contributed by atoms with Gasteiger partial charge in [0.25, 0.3) is 0 Å². The monoisotopic (exact) mass is 389 g/mol. The molecule has 0 radical (unpaired) electrons. The van der Waals surface area contributed by atoms with Crippen LogP contribution in [0, 0.1) is 24.2 Å². The zero-order chi connectivity index (χ0) is 19.3. The van der Waals surface area contributed by atoms with Crippen LogP contribution in [0.1, 0.15) is 33.3 Å². The van der Waals surface area contributed by atoms with E-state index in [0.29, 0.717) is 9.47 Å². The van der Waals surface area contributed by atoms with Crippen molar-refractivity contribution in [1.29, 1.82) is 5.26 Å². The minimum absolute atomic E-state index is 0.0142. The van der Waals surface area contributed by atoms with Crippen molar-refractivity contribution in [3.63, 3.8) is 0 Å². The topological polar surface area (TPSA) is 90.7 Å². The van der Waals surface area contributed by atoms with Crippen molar-refractivity contribution < 1.29 is 4.79 Å². The van der Waals surface area contributed by atoms with E-state index in [2.05, 4.69) is 26.9 Å². The molecule has 1 aromatic carbocycles. The maximum atomic E-state index is 12.4. The summed E-state index contributed by atoms with van der Waals surface area (Å²) in [7, 11) is 0. The lowest BCUT2D eigenvalue weighted by Crippen LogP contribution is -2.51. The summed E-state index contributed by atoms with van der Waals surface area (Å²) in [6.07, 6.45) is 0. The first kappa shape index (κ1) is 20.2. The Morgan fingerprint density at radius 1 is 1.35 bits per heavy atom. The lowest BCUT2D eigenvalue weighted by molar-refractivity contribution is -0.121. The van der Waals surface area contributed by atoms with Gasteiger partial charge in [-0.05, 0) is 44.4 Å². The van der Waals surface area contributed by atoms with Gasteiger partial charge in [-0.25, -0.2) is 0 Å². The number of nitrogens with zero attached hydrogens (tertiary/aromatic N) is 3. The third-order valence-electron chi connectivity index (χ3n) is 4.09. The predicted octanol–water partition coefficient (Wildman–Crippen LogP) is 4.13. The second kappa shape index (κ2) is 8.52. The molecule has 1 heterocycles. The molecule has 138 valence electrons. The lowest BCUT2D eigenvalue weighted by Gasteiger charge is -2.28. The van der Waals surface area contributed by atoms with E-state index in [1.807, 2.05) is 45.0 Å². The molecular weight excluding hydrogens is 366 g/mol. The van der Waals surface area contributed by atoms with Gasteiger partial charge >= 0.3 is 0 Å². The van der Waals surface area contributed by atoms with Crippen LogP contribution in [0.25, 0.3) is 0 Å². The van der Waals surface area contributed by atoms with Crippen LogP contribution in [0.4, 0.5) is 10.8 Å². The van der Waals surface area contributed by atoms with Gasteiger partial charge in [-0.15, -0.1) is 10.2 Å². The Hall–Kier alpha value is -2.11. The van der Waals surface area contributed by atoms with Crippen LogP contribution in [0.15, 0.2) is 28.6 Å². The number of rotatable bonds is 7. The molecule has 2 atom stereocenters. The number of amides is 1. The van der Waals surface area contributed by atoms with E-state index >= 15 is 0 Å². The summed E-state index contributed by atoms with van der Waals surface area (Å²) >= 11 is 2.73. The molecule has 0 saturated carbocycles. The third kappa shape index (κ3) is 5.19. The molecule has 1 aromatic heterocycles. The Morgan fingerprint density at radius 3 is 2.69 bits per heavy atom. The lowest BCUT2D eigenvalue weighted by atomic mass is 9.90. The van der Waals surface area contributed by atoms with E-state index in [-0.39, 0.29) is 17.1 Å². The van der Waals surface area contributed by atoms with Crippen LogP contribution in [0.2, 0.25) is 0 Å². The number of nitriles is 1. The molecule has 2 N–H and O–H groups in total. The first-order chi connectivity index (χ1) is 12.2. The molecule has 0 fully saturated rings. The first-order valence-electron chi connectivity index (χ1n) is 8.30.